The Morgan fingerprint density at radius 1 is 1.22 bits per heavy atom. The molecule has 0 aliphatic heterocycles. The van der Waals surface area contributed by atoms with Gasteiger partial charge in [-0.15, -0.1) is 0 Å². The maximum Gasteiger partial charge on any atom is 0.216 e. The minimum atomic E-state index is -0.0588. The van der Waals surface area contributed by atoms with E-state index in [4.69, 9.17) is 21.1 Å². The molecule has 0 radical (unpaired) electrons. The molecule has 0 unspecified atom stereocenters. The van der Waals surface area contributed by atoms with Crippen molar-refractivity contribution in [3.63, 3.8) is 0 Å². The van der Waals surface area contributed by atoms with E-state index in [0.717, 1.165) is 5.69 Å². The lowest BCUT2D eigenvalue weighted by atomic mass is 10.2. The third-order valence-corrected chi connectivity index (χ3v) is 2.58. The lowest BCUT2D eigenvalue weighted by Gasteiger charge is -2.13. The summed E-state index contributed by atoms with van der Waals surface area (Å²) in [6.45, 7) is 2.59. The first-order valence-electron chi connectivity index (χ1n) is 5.48. The average Bonchev–Trinajstić information content (AvgIpc) is 2.34. The van der Waals surface area contributed by atoms with Gasteiger partial charge in [0.2, 0.25) is 5.91 Å². The summed E-state index contributed by atoms with van der Waals surface area (Å²) in [5.41, 5.74) is 0.758. The van der Waals surface area contributed by atoms with Gasteiger partial charge >= 0.3 is 0 Å². The predicted octanol–water partition coefficient (Wildman–Crippen LogP) is 1.91. The van der Waals surface area contributed by atoms with Gasteiger partial charge in [0.25, 0.3) is 0 Å². The monoisotopic (exact) mass is 272 g/mol. The van der Waals surface area contributed by atoms with Gasteiger partial charge in [0.05, 0.1) is 24.9 Å². The highest BCUT2D eigenvalue weighted by Gasteiger charge is 2.09. The van der Waals surface area contributed by atoms with Crippen molar-refractivity contribution in [3.05, 3.63) is 17.2 Å². The van der Waals surface area contributed by atoms with Crippen molar-refractivity contribution >= 4 is 23.2 Å². The number of hydrogen-bond donors (Lipinski definition) is 2. The van der Waals surface area contributed by atoms with E-state index in [2.05, 4.69) is 10.6 Å². The Bertz CT molecular complexity index is 424. The number of benzene rings is 1. The van der Waals surface area contributed by atoms with Gasteiger partial charge in [0.1, 0.15) is 11.5 Å². The second-order valence-electron chi connectivity index (χ2n) is 3.60. The number of hydrogen-bond acceptors (Lipinski definition) is 4. The van der Waals surface area contributed by atoms with Crippen LogP contribution in [0.5, 0.6) is 11.5 Å². The SMILES string of the molecule is COc1cc(OC)c(NCCNC(C)=O)cc1Cl. The topological polar surface area (TPSA) is 59.6 Å². The van der Waals surface area contributed by atoms with Crippen LogP contribution in [0.2, 0.25) is 5.02 Å². The highest BCUT2D eigenvalue weighted by molar-refractivity contribution is 6.32. The zero-order chi connectivity index (χ0) is 13.5. The third kappa shape index (κ3) is 4.00. The van der Waals surface area contributed by atoms with E-state index in [1.807, 2.05) is 0 Å². The molecule has 0 saturated heterocycles. The minimum absolute atomic E-state index is 0.0588. The summed E-state index contributed by atoms with van der Waals surface area (Å²) in [6, 6.07) is 3.44. The molecule has 1 amide bonds. The fourth-order valence-corrected chi connectivity index (χ4v) is 1.67. The fourth-order valence-electron chi connectivity index (χ4n) is 1.43. The number of carbonyl (C=O) groups excluding carboxylic acids is 1. The molecule has 1 aromatic rings. The van der Waals surface area contributed by atoms with Crippen LogP contribution < -0.4 is 20.1 Å². The highest BCUT2D eigenvalue weighted by Crippen LogP contribution is 2.35. The maximum absolute atomic E-state index is 10.7. The van der Waals surface area contributed by atoms with E-state index in [9.17, 15) is 4.79 Å². The van der Waals surface area contributed by atoms with Crippen LogP contribution in [0.3, 0.4) is 0 Å². The number of methoxy groups -OCH3 is 2. The normalized spacial score (nSPS) is 9.78. The smallest absolute Gasteiger partial charge is 0.216 e. The van der Waals surface area contributed by atoms with Gasteiger partial charge in [-0.25, -0.2) is 0 Å². The molecule has 0 aliphatic rings. The molecule has 1 rings (SSSR count). The van der Waals surface area contributed by atoms with Crippen molar-refractivity contribution in [1.29, 1.82) is 0 Å². The van der Waals surface area contributed by atoms with Crippen LogP contribution in [0.4, 0.5) is 5.69 Å². The van der Waals surface area contributed by atoms with Gasteiger partial charge in [-0.1, -0.05) is 11.6 Å². The van der Waals surface area contributed by atoms with Crippen molar-refractivity contribution in [2.75, 3.05) is 32.6 Å². The van der Waals surface area contributed by atoms with Gasteiger partial charge < -0.3 is 20.1 Å². The molecule has 0 spiro atoms. The second-order valence-corrected chi connectivity index (χ2v) is 4.00. The summed E-state index contributed by atoms with van der Waals surface area (Å²) in [5, 5.41) is 6.32. The number of nitrogens with one attached hydrogen (secondary N) is 2. The van der Waals surface area contributed by atoms with Crippen LogP contribution >= 0.6 is 11.6 Å². The van der Waals surface area contributed by atoms with Crippen molar-refractivity contribution in [1.82, 2.24) is 5.32 Å². The van der Waals surface area contributed by atoms with Crippen molar-refractivity contribution in [2.24, 2.45) is 0 Å². The lowest BCUT2D eigenvalue weighted by Crippen LogP contribution is -2.26. The minimum Gasteiger partial charge on any atom is -0.495 e. The largest absolute Gasteiger partial charge is 0.495 e. The average molecular weight is 273 g/mol. The molecule has 100 valence electrons. The molecule has 6 heteroatoms. The number of carbonyl (C=O) groups is 1. The Kier molecular flexibility index (Phi) is 5.58. The number of halogens is 1. The molecular weight excluding hydrogens is 256 g/mol. The summed E-state index contributed by atoms with van der Waals surface area (Å²) in [7, 11) is 3.12. The fraction of sp³-hybridized carbons (Fsp3) is 0.417. The molecule has 0 fully saturated rings. The molecule has 2 N–H and O–H groups in total. The van der Waals surface area contributed by atoms with E-state index in [0.29, 0.717) is 29.6 Å². The van der Waals surface area contributed by atoms with E-state index >= 15 is 0 Å². The Balaban J connectivity index is 2.69. The highest BCUT2D eigenvalue weighted by atomic mass is 35.5. The zero-order valence-corrected chi connectivity index (χ0v) is 11.4. The summed E-state index contributed by atoms with van der Waals surface area (Å²) >= 11 is 6.03. The Labute approximate surface area is 111 Å². The molecule has 0 bridgehead atoms. The standard InChI is InChI=1S/C12H17ClN2O3/c1-8(16)14-4-5-15-10-6-9(13)11(17-2)7-12(10)18-3/h6-7,15H,4-5H2,1-3H3,(H,14,16). The van der Waals surface area contributed by atoms with Gasteiger partial charge in [0, 0.05) is 26.1 Å². The molecule has 0 saturated carbocycles. The Hall–Kier alpha value is -1.62. The van der Waals surface area contributed by atoms with Crippen LogP contribution in [0.25, 0.3) is 0 Å². The van der Waals surface area contributed by atoms with Crippen molar-refractivity contribution in [2.45, 2.75) is 6.92 Å². The van der Waals surface area contributed by atoms with Crippen LogP contribution in [0.15, 0.2) is 12.1 Å². The first kappa shape index (κ1) is 14.4. The number of rotatable bonds is 6. The van der Waals surface area contributed by atoms with E-state index in [1.165, 1.54) is 6.92 Å². The molecule has 0 aliphatic carbocycles. The van der Waals surface area contributed by atoms with Crippen molar-refractivity contribution < 1.29 is 14.3 Å². The molecule has 18 heavy (non-hydrogen) atoms. The molecule has 0 heterocycles. The summed E-state index contributed by atoms with van der Waals surface area (Å²) in [5.74, 6) is 1.14. The van der Waals surface area contributed by atoms with Crippen LogP contribution in [0.1, 0.15) is 6.92 Å². The Morgan fingerprint density at radius 2 is 1.89 bits per heavy atom. The van der Waals surface area contributed by atoms with Crippen molar-refractivity contribution in [3.8, 4) is 11.5 Å². The third-order valence-electron chi connectivity index (χ3n) is 2.29. The first-order chi connectivity index (χ1) is 8.58. The number of anilines is 1. The summed E-state index contributed by atoms with van der Waals surface area (Å²) in [6.07, 6.45) is 0. The van der Waals surface area contributed by atoms with Crippen LogP contribution in [-0.4, -0.2) is 33.2 Å². The number of ether oxygens (including phenoxy) is 2. The maximum atomic E-state index is 10.7. The summed E-state index contributed by atoms with van der Waals surface area (Å²) < 4.78 is 10.3. The molecular formula is C12H17ClN2O3. The lowest BCUT2D eigenvalue weighted by molar-refractivity contribution is -0.118. The zero-order valence-electron chi connectivity index (χ0n) is 10.7. The quantitative estimate of drug-likeness (QED) is 0.777. The predicted molar refractivity (Wildman–Crippen MR) is 71.7 cm³/mol. The van der Waals surface area contributed by atoms with E-state index in [-0.39, 0.29) is 5.91 Å². The van der Waals surface area contributed by atoms with E-state index < -0.39 is 0 Å². The molecule has 5 nitrogen and oxygen atoms in total. The van der Waals surface area contributed by atoms with Crippen LogP contribution in [0, 0.1) is 0 Å². The van der Waals surface area contributed by atoms with Gasteiger partial charge in [-0.2, -0.15) is 0 Å². The van der Waals surface area contributed by atoms with Gasteiger partial charge in [-0.05, 0) is 6.07 Å². The second kappa shape index (κ2) is 6.96. The van der Waals surface area contributed by atoms with Crippen LogP contribution in [-0.2, 0) is 4.79 Å². The van der Waals surface area contributed by atoms with Gasteiger partial charge in [0.15, 0.2) is 0 Å². The summed E-state index contributed by atoms with van der Waals surface area (Å²) in [4.78, 5) is 10.7. The molecule has 0 atom stereocenters. The number of amides is 1. The first-order valence-corrected chi connectivity index (χ1v) is 5.86. The Morgan fingerprint density at radius 3 is 2.44 bits per heavy atom. The molecule has 1 aromatic carbocycles. The van der Waals surface area contributed by atoms with E-state index in [1.54, 1.807) is 26.4 Å². The molecule has 0 aromatic heterocycles. The van der Waals surface area contributed by atoms with Gasteiger partial charge in [-0.3, -0.25) is 4.79 Å².